The minimum atomic E-state index is -5.69. The van der Waals surface area contributed by atoms with E-state index < -0.39 is 35.9 Å². The second-order valence-electron chi connectivity index (χ2n) is 7.47. The van der Waals surface area contributed by atoms with E-state index in [0.29, 0.717) is 11.4 Å². The summed E-state index contributed by atoms with van der Waals surface area (Å²) in [7, 11) is 0. The Balaban J connectivity index is 0. The highest BCUT2D eigenvalue weighted by Crippen LogP contribution is 2.43. The van der Waals surface area contributed by atoms with Gasteiger partial charge in [-0.3, -0.25) is 0 Å². The van der Waals surface area contributed by atoms with Crippen molar-refractivity contribution in [3.05, 3.63) is 48.5 Å². The van der Waals surface area contributed by atoms with Gasteiger partial charge < -0.3 is 33.1 Å². The predicted molar refractivity (Wildman–Crippen MR) is 116 cm³/mol. The first-order valence-electron chi connectivity index (χ1n) is 9.51. The monoisotopic (exact) mass is 580 g/mol. The molecule has 6 nitrogen and oxygen atoms in total. The van der Waals surface area contributed by atoms with E-state index >= 15 is 0 Å². The first-order chi connectivity index (χ1) is 16.6. The molecule has 0 atom stereocenters. The molecule has 0 bridgehead atoms. The average molecular weight is 580 g/mol. The predicted octanol–water partition coefficient (Wildman–Crippen LogP) is 5.43. The van der Waals surface area contributed by atoms with E-state index in [2.05, 4.69) is 0 Å². The number of nitrogen functional groups attached to an aromatic ring is 4. The van der Waals surface area contributed by atoms with E-state index in [9.17, 15) is 52.7 Å². The van der Waals surface area contributed by atoms with Crippen LogP contribution in [0, 0.1) is 0 Å². The van der Waals surface area contributed by atoms with Gasteiger partial charge in [-0.2, -0.15) is 52.7 Å². The maximum atomic E-state index is 11.4. The van der Waals surface area contributed by atoms with Crippen LogP contribution in [0.4, 0.5) is 75.4 Å². The van der Waals surface area contributed by atoms with Crippen molar-refractivity contribution >= 4 is 22.7 Å². The Morgan fingerprint density at radius 1 is 0.447 bits per heavy atom. The zero-order valence-electron chi connectivity index (χ0n) is 19.4. The number of benzene rings is 2. The van der Waals surface area contributed by atoms with Crippen molar-refractivity contribution in [2.24, 2.45) is 0 Å². The zero-order valence-corrected chi connectivity index (χ0v) is 19.4. The fourth-order valence-corrected chi connectivity index (χ4v) is 1.38. The molecule has 0 aromatic heterocycles. The standard InChI is InChI=1S/2C6H8N2.2C4H4F6O/c7-5-1-2-6(8)4-3-5;7-5-2-1-3-6(8)4-5;2*1-2(11,3(5,6)7)4(8,9)10/h2*1-4H,7-8H2;2*11H,1H3. The lowest BCUT2D eigenvalue weighted by Crippen LogP contribution is -2.54. The highest BCUT2D eigenvalue weighted by molar-refractivity contribution is 5.50. The van der Waals surface area contributed by atoms with Crippen LogP contribution in [0.5, 0.6) is 0 Å². The van der Waals surface area contributed by atoms with Crippen molar-refractivity contribution in [1.82, 2.24) is 0 Å². The number of aliphatic hydroxyl groups is 2. The summed E-state index contributed by atoms with van der Waals surface area (Å²) in [4.78, 5) is 0. The minimum Gasteiger partial charge on any atom is -0.399 e. The third-order valence-corrected chi connectivity index (χ3v) is 4.06. The topological polar surface area (TPSA) is 145 Å². The van der Waals surface area contributed by atoms with Gasteiger partial charge in [0.2, 0.25) is 0 Å². The summed E-state index contributed by atoms with van der Waals surface area (Å²) in [5.74, 6) is 0. The van der Waals surface area contributed by atoms with Gasteiger partial charge in [-0.1, -0.05) is 6.07 Å². The molecular weight excluding hydrogens is 556 g/mol. The van der Waals surface area contributed by atoms with Gasteiger partial charge >= 0.3 is 24.7 Å². The van der Waals surface area contributed by atoms with Crippen LogP contribution >= 0.6 is 0 Å². The van der Waals surface area contributed by atoms with Gasteiger partial charge in [0.1, 0.15) is 0 Å². The summed E-state index contributed by atoms with van der Waals surface area (Å²) in [5, 5.41) is 15.9. The third kappa shape index (κ3) is 11.8. The molecule has 38 heavy (non-hydrogen) atoms. The summed E-state index contributed by atoms with van der Waals surface area (Å²) < 4.78 is 136. The molecule has 0 aliphatic heterocycles. The Bertz CT molecular complexity index is 862. The lowest BCUT2D eigenvalue weighted by Gasteiger charge is -2.28. The van der Waals surface area contributed by atoms with Crippen molar-refractivity contribution in [2.45, 2.75) is 49.8 Å². The Morgan fingerprint density at radius 3 is 0.763 bits per heavy atom. The van der Waals surface area contributed by atoms with Gasteiger partial charge in [-0.15, -0.1) is 0 Å². The third-order valence-electron chi connectivity index (χ3n) is 4.06. The van der Waals surface area contributed by atoms with Crippen LogP contribution in [0.3, 0.4) is 0 Å². The maximum absolute atomic E-state index is 11.4. The Morgan fingerprint density at radius 2 is 0.658 bits per heavy atom. The first-order valence-corrected chi connectivity index (χ1v) is 9.51. The zero-order chi connectivity index (χ0) is 31.0. The van der Waals surface area contributed by atoms with Gasteiger partial charge in [0.25, 0.3) is 11.2 Å². The molecule has 2 aromatic rings. The normalized spacial score (nSPS) is 12.6. The van der Waals surface area contributed by atoms with Crippen molar-refractivity contribution in [3.63, 3.8) is 0 Å². The fourth-order valence-electron chi connectivity index (χ4n) is 1.38. The van der Waals surface area contributed by atoms with Crippen LogP contribution in [-0.4, -0.2) is 46.1 Å². The van der Waals surface area contributed by atoms with Gasteiger partial charge in [-0.25, -0.2) is 0 Å². The molecule has 2 aromatic carbocycles. The van der Waals surface area contributed by atoms with E-state index in [1.54, 1.807) is 42.5 Å². The van der Waals surface area contributed by atoms with E-state index in [4.69, 9.17) is 33.1 Å². The average Bonchev–Trinajstić information content (AvgIpc) is 2.68. The molecule has 0 saturated heterocycles. The second-order valence-corrected chi connectivity index (χ2v) is 7.47. The molecule has 10 N–H and O–H groups in total. The van der Waals surface area contributed by atoms with E-state index in [0.717, 1.165) is 11.4 Å². The van der Waals surface area contributed by atoms with Gasteiger partial charge in [-0.05, 0) is 56.3 Å². The summed E-state index contributed by atoms with van der Waals surface area (Å²) in [6, 6.07) is 14.2. The van der Waals surface area contributed by atoms with Gasteiger partial charge in [0.15, 0.2) is 0 Å². The molecule has 2 rings (SSSR count). The van der Waals surface area contributed by atoms with Crippen molar-refractivity contribution in [1.29, 1.82) is 0 Å². The molecule has 0 radical (unpaired) electrons. The molecule has 0 aliphatic carbocycles. The Kier molecular flexibility index (Phi) is 12.6. The number of hydrogen-bond donors (Lipinski definition) is 6. The first kappa shape index (κ1) is 36.9. The SMILES string of the molecule is CC(O)(C(F)(F)F)C(F)(F)F.CC(O)(C(F)(F)F)C(F)(F)F.Nc1ccc(N)cc1.Nc1cccc(N)c1. The smallest absolute Gasteiger partial charge is 0.399 e. The number of rotatable bonds is 0. The van der Waals surface area contributed by atoms with Crippen molar-refractivity contribution in [2.75, 3.05) is 22.9 Å². The van der Waals surface area contributed by atoms with Crippen molar-refractivity contribution in [3.8, 4) is 0 Å². The second kappa shape index (κ2) is 13.0. The molecular formula is C20H24F12N4O2. The summed E-state index contributed by atoms with van der Waals surface area (Å²) in [5.41, 5.74) is 15.2. The lowest BCUT2D eigenvalue weighted by molar-refractivity contribution is -0.361. The lowest BCUT2D eigenvalue weighted by atomic mass is 10.1. The summed E-state index contributed by atoms with van der Waals surface area (Å²) in [6.45, 7) is -0.681. The molecule has 0 amide bonds. The van der Waals surface area contributed by atoms with Crippen LogP contribution in [0.25, 0.3) is 0 Å². The molecule has 220 valence electrons. The molecule has 0 saturated carbocycles. The van der Waals surface area contributed by atoms with Gasteiger partial charge in [0.05, 0.1) is 0 Å². The fraction of sp³-hybridized carbons (Fsp3) is 0.400. The van der Waals surface area contributed by atoms with Crippen LogP contribution in [-0.2, 0) is 0 Å². The molecule has 0 fully saturated rings. The van der Waals surface area contributed by atoms with Crippen LogP contribution in [0.2, 0.25) is 0 Å². The van der Waals surface area contributed by atoms with Crippen LogP contribution in [0.15, 0.2) is 48.5 Å². The molecule has 0 aliphatic rings. The van der Waals surface area contributed by atoms with E-state index in [-0.39, 0.29) is 13.8 Å². The summed E-state index contributed by atoms with van der Waals surface area (Å²) >= 11 is 0. The molecule has 18 heteroatoms. The Labute approximate surface area is 207 Å². The number of hydrogen-bond acceptors (Lipinski definition) is 6. The number of halogens is 12. The minimum absolute atomic E-state index is 0.340. The van der Waals surface area contributed by atoms with Crippen LogP contribution < -0.4 is 22.9 Å². The highest BCUT2D eigenvalue weighted by Gasteiger charge is 2.67. The number of nitrogens with two attached hydrogens (primary N) is 4. The largest absolute Gasteiger partial charge is 0.425 e. The highest BCUT2D eigenvalue weighted by atomic mass is 19.4. The number of alkyl halides is 12. The molecule has 0 spiro atoms. The number of anilines is 4. The van der Waals surface area contributed by atoms with E-state index in [1.165, 1.54) is 0 Å². The van der Waals surface area contributed by atoms with E-state index in [1.807, 2.05) is 6.07 Å². The molecule has 0 unspecified atom stereocenters. The van der Waals surface area contributed by atoms with Crippen LogP contribution in [0.1, 0.15) is 13.8 Å². The van der Waals surface area contributed by atoms with Gasteiger partial charge in [0, 0.05) is 22.7 Å². The van der Waals surface area contributed by atoms with Crippen molar-refractivity contribution < 1.29 is 62.9 Å². The quantitative estimate of drug-likeness (QED) is 0.181. The molecule has 0 heterocycles. The Hall–Kier alpha value is -3.28. The maximum Gasteiger partial charge on any atom is 0.425 e. The summed E-state index contributed by atoms with van der Waals surface area (Å²) in [6.07, 6.45) is -22.8.